The lowest BCUT2D eigenvalue weighted by Crippen LogP contribution is -2.19. The van der Waals surface area contributed by atoms with Crippen molar-refractivity contribution in [2.75, 3.05) is 10.6 Å². The number of aryl methyl sites for hydroxylation is 1. The average Bonchev–Trinajstić information content (AvgIpc) is 3.16. The van der Waals surface area contributed by atoms with Gasteiger partial charge in [0.15, 0.2) is 0 Å². The molecular weight excluding hydrogens is 428 g/mol. The second kappa shape index (κ2) is 10.3. The van der Waals surface area contributed by atoms with Gasteiger partial charge in [0.2, 0.25) is 5.91 Å². The third-order valence-electron chi connectivity index (χ3n) is 5.52. The molecule has 4 aromatic rings. The van der Waals surface area contributed by atoms with Crippen molar-refractivity contribution in [3.63, 3.8) is 0 Å². The van der Waals surface area contributed by atoms with Crippen molar-refractivity contribution in [2.24, 2.45) is 0 Å². The minimum Gasteiger partial charge on any atom is -0.322 e. The SMILES string of the molecule is CCc1ccccc1NC(=O)c1c(NC(=O)Cc2ccccc2)sc(-c2ccccc2)c1C. The number of anilines is 2. The second-order valence-electron chi connectivity index (χ2n) is 7.80. The molecule has 4 nitrogen and oxygen atoms in total. The number of hydrogen-bond acceptors (Lipinski definition) is 3. The summed E-state index contributed by atoms with van der Waals surface area (Å²) < 4.78 is 0. The first-order chi connectivity index (χ1) is 16.1. The molecule has 0 radical (unpaired) electrons. The number of benzene rings is 3. The van der Waals surface area contributed by atoms with Crippen LogP contribution < -0.4 is 10.6 Å². The molecule has 2 amide bonds. The van der Waals surface area contributed by atoms with Crippen LogP contribution in [0.15, 0.2) is 84.9 Å². The predicted octanol–water partition coefficient (Wildman–Crippen LogP) is 6.72. The highest BCUT2D eigenvalue weighted by Gasteiger charge is 2.24. The Kier molecular flexibility index (Phi) is 7.01. The molecule has 2 N–H and O–H groups in total. The van der Waals surface area contributed by atoms with Crippen molar-refractivity contribution in [1.29, 1.82) is 0 Å². The minimum atomic E-state index is -0.221. The summed E-state index contributed by atoms with van der Waals surface area (Å²) in [6.07, 6.45) is 1.06. The van der Waals surface area contributed by atoms with Gasteiger partial charge in [-0.25, -0.2) is 0 Å². The molecule has 5 heteroatoms. The number of amides is 2. The smallest absolute Gasteiger partial charge is 0.258 e. The highest BCUT2D eigenvalue weighted by atomic mass is 32.1. The summed E-state index contributed by atoms with van der Waals surface area (Å²) >= 11 is 1.43. The Morgan fingerprint density at radius 3 is 2.15 bits per heavy atom. The van der Waals surface area contributed by atoms with Crippen molar-refractivity contribution in [2.45, 2.75) is 26.7 Å². The Balaban J connectivity index is 1.68. The first kappa shape index (κ1) is 22.5. The van der Waals surface area contributed by atoms with Gasteiger partial charge in [0.25, 0.3) is 5.91 Å². The van der Waals surface area contributed by atoms with Gasteiger partial charge in [-0.3, -0.25) is 9.59 Å². The van der Waals surface area contributed by atoms with Crippen LogP contribution >= 0.6 is 11.3 Å². The molecule has 1 aromatic heterocycles. The van der Waals surface area contributed by atoms with Crippen molar-refractivity contribution < 1.29 is 9.59 Å². The van der Waals surface area contributed by atoms with E-state index in [0.717, 1.165) is 39.2 Å². The van der Waals surface area contributed by atoms with Crippen molar-refractivity contribution in [1.82, 2.24) is 0 Å². The molecule has 0 aliphatic carbocycles. The van der Waals surface area contributed by atoms with E-state index in [1.807, 2.05) is 91.9 Å². The largest absolute Gasteiger partial charge is 0.322 e. The Morgan fingerprint density at radius 2 is 1.45 bits per heavy atom. The fourth-order valence-electron chi connectivity index (χ4n) is 3.83. The first-order valence-electron chi connectivity index (χ1n) is 11.0. The summed E-state index contributed by atoms with van der Waals surface area (Å²) in [5.74, 6) is -0.369. The number of thiophene rings is 1. The monoisotopic (exact) mass is 454 g/mol. The van der Waals surface area contributed by atoms with Crippen LogP contribution in [0, 0.1) is 6.92 Å². The summed E-state index contributed by atoms with van der Waals surface area (Å²) in [6, 6.07) is 27.3. The summed E-state index contributed by atoms with van der Waals surface area (Å²) in [5, 5.41) is 6.64. The highest BCUT2D eigenvalue weighted by Crippen LogP contribution is 2.40. The van der Waals surface area contributed by atoms with Crippen LogP contribution in [0.4, 0.5) is 10.7 Å². The summed E-state index contributed by atoms with van der Waals surface area (Å²) in [6.45, 7) is 4.00. The standard InChI is InChI=1S/C28H26N2O2S/c1-3-21-14-10-11-17-23(21)29-27(32)25-19(2)26(22-15-8-5-9-16-22)33-28(25)30-24(31)18-20-12-6-4-7-13-20/h4-17H,3,18H2,1-2H3,(H,29,32)(H,30,31). The Labute approximate surface area is 198 Å². The third kappa shape index (κ3) is 5.21. The molecule has 0 bridgehead atoms. The number of nitrogens with one attached hydrogen (secondary N) is 2. The van der Waals surface area contributed by atoms with Crippen LogP contribution in [0.3, 0.4) is 0 Å². The van der Waals surface area contributed by atoms with Crippen molar-refractivity contribution >= 4 is 33.8 Å². The van der Waals surface area contributed by atoms with E-state index >= 15 is 0 Å². The zero-order valence-corrected chi connectivity index (χ0v) is 19.5. The van der Waals surface area contributed by atoms with Gasteiger partial charge in [-0.2, -0.15) is 0 Å². The zero-order chi connectivity index (χ0) is 23.2. The molecule has 33 heavy (non-hydrogen) atoms. The molecular formula is C28H26N2O2S. The normalized spacial score (nSPS) is 10.6. The number of para-hydroxylation sites is 1. The number of carbonyl (C=O) groups is 2. The van der Waals surface area contributed by atoms with E-state index in [1.165, 1.54) is 11.3 Å². The number of carbonyl (C=O) groups excluding carboxylic acids is 2. The van der Waals surface area contributed by atoms with Gasteiger partial charge in [0.05, 0.1) is 12.0 Å². The van der Waals surface area contributed by atoms with Gasteiger partial charge in [-0.1, -0.05) is 85.8 Å². The van der Waals surface area contributed by atoms with E-state index in [1.54, 1.807) is 0 Å². The van der Waals surface area contributed by atoms with Gasteiger partial charge < -0.3 is 10.6 Å². The summed E-state index contributed by atoms with van der Waals surface area (Å²) in [7, 11) is 0. The Bertz CT molecular complexity index is 1260. The maximum Gasteiger partial charge on any atom is 0.258 e. The molecule has 0 unspecified atom stereocenters. The molecule has 0 atom stereocenters. The summed E-state index contributed by atoms with van der Waals surface area (Å²) in [5.41, 5.74) is 5.16. The van der Waals surface area contributed by atoms with Gasteiger partial charge in [0, 0.05) is 10.6 Å². The van der Waals surface area contributed by atoms with E-state index < -0.39 is 0 Å². The average molecular weight is 455 g/mol. The molecule has 166 valence electrons. The molecule has 0 aliphatic heterocycles. The fourth-order valence-corrected chi connectivity index (χ4v) is 5.05. The Morgan fingerprint density at radius 1 is 0.818 bits per heavy atom. The maximum atomic E-state index is 13.5. The molecule has 1 heterocycles. The van der Waals surface area contributed by atoms with Crippen LogP contribution in [-0.4, -0.2) is 11.8 Å². The second-order valence-corrected chi connectivity index (χ2v) is 8.82. The van der Waals surface area contributed by atoms with Gasteiger partial charge in [0.1, 0.15) is 5.00 Å². The van der Waals surface area contributed by atoms with E-state index in [2.05, 4.69) is 17.6 Å². The van der Waals surface area contributed by atoms with Gasteiger partial charge >= 0.3 is 0 Å². The lowest BCUT2D eigenvalue weighted by atomic mass is 10.1. The molecule has 4 rings (SSSR count). The number of hydrogen-bond donors (Lipinski definition) is 2. The van der Waals surface area contributed by atoms with Gasteiger partial charge in [-0.05, 0) is 41.7 Å². The molecule has 0 saturated carbocycles. The van der Waals surface area contributed by atoms with Crippen molar-refractivity contribution in [3.05, 3.63) is 107 Å². The van der Waals surface area contributed by atoms with E-state index in [0.29, 0.717) is 10.6 Å². The number of rotatable bonds is 7. The van der Waals surface area contributed by atoms with Crippen LogP contribution in [0.25, 0.3) is 10.4 Å². The quantitative estimate of drug-likeness (QED) is 0.326. The third-order valence-corrected chi connectivity index (χ3v) is 6.77. The highest BCUT2D eigenvalue weighted by molar-refractivity contribution is 7.20. The minimum absolute atomic E-state index is 0.148. The molecule has 0 fully saturated rings. The molecule has 0 aliphatic rings. The first-order valence-corrected chi connectivity index (χ1v) is 11.8. The van der Waals surface area contributed by atoms with Crippen LogP contribution in [0.2, 0.25) is 0 Å². The maximum absolute atomic E-state index is 13.5. The molecule has 0 saturated heterocycles. The fraction of sp³-hybridized carbons (Fsp3) is 0.143. The summed E-state index contributed by atoms with van der Waals surface area (Å²) in [4.78, 5) is 27.3. The van der Waals surface area contributed by atoms with Crippen molar-refractivity contribution in [3.8, 4) is 10.4 Å². The van der Waals surface area contributed by atoms with E-state index in [9.17, 15) is 9.59 Å². The lowest BCUT2D eigenvalue weighted by Gasteiger charge is -2.12. The van der Waals surface area contributed by atoms with Crippen LogP contribution in [0.1, 0.15) is 34.0 Å². The zero-order valence-electron chi connectivity index (χ0n) is 18.7. The topological polar surface area (TPSA) is 58.2 Å². The molecule has 0 spiro atoms. The lowest BCUT2D eigenvalue weighted by molar-refractivity contribution is -0.115. The van der Waals surface area contributed by atoms with Gasteiger partial charge in [-0.15, -0.1) is 11.3 Å². The predicted molar refractivity (Wildman–Crippen MR) is 137 cm³/mol. The van der Waals surface area contributed by atoms with E-state index in [-0.39, 0.29) is 18.2 Å². The van der Waals surface area contributed by atoms with E-state index in [4.69, 9.17) is 0 Å². The Hall–Kier alpha value is -3.70. The van der Waals surface area contributed by atoms with Crippen LogP contribution in [-0.2, 0) is 17.6 Å². The molecule has 3 aromatic carbocycles. The van der Waals surface area contributed by atoms with Crippen LogP contribution in [0.5, 0.6) is 0 Å².